The summed E-state index contributed by atoms with van der Waals surface area (Å²) < 4.78 is 39.7. The van der Waals surface area contributed by atoms with Crippen LogP contribution in [0.4, 0.5) is 13.2 Å². The van der Waals surface area contributed by atoms with Crippen LogP contribution < -0.4 is 5.73 Å². The maximum Gasteiger partial charge on any atom is 0.222 e. The van der Waals surface area contributed by atoms with Crippen molar-refractivity contribution in [2.24, 2.45) is 5.73 Å². The molecule has 1 aromatic carbocycles. The summed E-state index contributed by atoms with van der Waals surface area (Å²) in [5.74, 6) is -3.48. The molecule has 0 radical (unpaired) electrons. The summed E-state index contributed by atoms with van der Waals surface area (Å²) in [5.41, 5.74) is 5.76. The van der Waals surface area contributed by atoms with Crippen molar-refractivity contribution < 1.29 is 18.0 Å². The Morgan fingerprint density at radius 2 is 1.83 bits per heavy atom. The van der Waals surface area contributed by atoms with E-state index in [1.807, 2.05) is 0 Å². The Morgan fingerprint density at radius 1 is 1.22 bits per heavy atom. The van der Waals surface area contributed by atoms with E-state index in [-0.39, 0.29) is 17.9 Å². The van der Waals surface area contributed by atoms with Crippen molar-refractivity contribution in [2.45, 2.75) is 24.9 Å². The number of nitrogens with two attached hydrogens (primary N) is 1. The molecule has 3 nitrogen and oxygen atoms in total. The molecule has 6 heteroatoms. The molecule has 0 aliphatic carbocycles. The third kappa shape index (κ3) is 2.08. The van der Waals surface area contributed by atoms with Crippen molar-refractivity contribution in [3.63, 3.8) is 0 Å². The number of nitrogens with zero attached hydrogens (tertiary/aromatic N) is 1. The summed E-state index contributed by atoms with van der Waals surface area (Å²) >= 11 is 0. The summed E-state index contributed by atoms with van der Waals surface area (Å²) in [4.78, 5) is 12.8. The number of amides is 1. The molecule has 18 heavy (non-hydrogen) atoms. The van der Waals surface area contributed by atoms with E-state index in [1.54, 1.807) is 0 Å². The molecule has 1 fully saturated rings. The molecule has 0 aromatic heterocycles. The molecule has 2 atom stereocenters. The van der Waals surface area contributed by atoms with E-state index in [0.717, 1.165) is 6.07 Å². The van der Waals surface area contributed by atoms with Gasteiger partial charge >= 0.3 is 0 Å². The summed E-state index contributed by atoms with van der Waals surface area (Å²) in [6.07, 6.45) is 0.672. The van der Waals surface area contributed by atoms with Crippen molar-refractivity contribution in [2.75, 3.05) is 7.05 Å². The van der Waals surface area contributed by atoms with Gasteiger partial charge < -0.3 is 10.6 Å². The number of rotatable bonds is 1. The Bertz CT molecular complexity index is 492. The molecule has 2 rings (SSSR count). The first kappa shape index (κ1) is 12.9. The van der Waals surface area contributed by atoms with Crippen LogP contribution in [0.2, 0.25) is 0 Å². The SMILES string of the molecule is CN1C(=O)CCC(N)C1c1cc(F)c(F)cc1F. The Labute approximate surface area is 102 Å². The van der Waals surface area contributed by atoms with Gasteiger partial charge in [-0.1, -0.05) is 0 Å². The lowest BCUT2D eigenvalue weighted by Crippen LogP contribution is -2.47. The van der Waals surface area contributed by atoms with E-state index in [2.05, 4.69) is 0 Å². The molecule has 1 aromatic rings. The highest BCUT2D eigenvalue weighted by atomic mass is 19.2. The molecular formula is C12H13F3N2O. The van der Waals surface area contributed by atoms with Gasteiger partial charge in [-0.05, 0) is 12.5 Å². The van der Waals surface area contributed by atoms with Gasteiger partial charge in [0.2, 0.25) is 5.91 Å². The van der Waals surface area contributed by atoms with Crippen LogP contribution in [0.3, 0.4) is 0 Å². The molecular weight excluding hydrogens is 245 g/mol. The average Bonchev–Trinajstić information content (AvgIpc) is 2.31. The Hall–Kier alpha value is -1.56. The highest BCUT2D eigenvalue weighted by Gasteiger charge is 2.34. The smallest absolute Gasteiger partial charge is 0.222 e. The lowest BCUT2D eigenvalue weighted by atomic mass is 9.90. The van der Waals surface area contributed by atoms with Gasteiger partial charge in [0.25, 0.3) is 0 Å². The number of carbonyl (C=O) groups excluding carboxylic acids is 1. The minimum atomic E-state index is -1.25. The minimum Gasteiger partial charge on any atom is -0.337 e. The fourth-order valence-electron chi connectivity index (χ4n) is 2.27. The third-order valence-corrected chi connectivity index (χ3v) is 3.27. The Morgan fingerprint density at radius 3 is 2.50 bits per heavy atom. The van der Waals surface area contributed by atoms with E-state index in [0.29, 0.717) is 12.5 Å². The molecule has 2 N–H and O–H groups in total. The zero-order chi connectivity index (χ0) is 13.4. The van der Waals surface area contributed by atoms with Crippen molar-refractivity contribution in [3.05, 3.63) is 35.1 Å². The number of benzene rings is 1. The van der Waals surface area contributed by atoms with Gasteiger partial charge in [-0.2, -0.15) is 0 Å². The lowest BCUT2D eigenvalue weighted by Gasteiger charge is -2.37. The maximum atomic E-state index is 13.7. The molecule has 2 unspecified atom stereocenters. The van der Waals surface area contributed by atoms with Crippen LogP contribution in [0.1, 0.15) is 24.4 Å². The van der Waals surface area contributed by atoms with Crippen LogP contribution in [-0.4, -0.2) is 23.9 Å². The van der Waals surface area contributed by atoms with Gasteiger partial charge in [0.1, 0.15) is 5.82 Å². The first-order valence-electron chi connectivity index (χ1n) is 5.57. The molecule has 1 saturated heterocycles. The van der Waals surface area contributed by atoms with Crippen molar-refractivity contribution in [1.82, 2.24) is 4.90 Å². The average molecular weight is 258 g/mol. The molecule has 0 saturated carbocycles. The highest BCUT2D eigenvalue weighted by Crippen LogP contribution is 2.32. The topological polar surface area (TPSA) is 46.3 Å². The van der Waals surface area contributed by atoms with Gasteiger partial charge in [0, 0.05) is 31.1 Å². The maximum absolute atomic E-state index is 13.7. The molecule has 98 valence electrons. The van der Waals surface area contributed by atoms with Crippen molar-refractivity contribution in [1.29, 1.82) is 0 Å². The van der Waals surface area contributed by atoms with Crippen molar-refractivity contribution in [3.8, 4) is 0 Å². The van der Waals surface area contributed by atoms with Gasteiger partial charge in [-0.3, -0.25) is 4.79 Å². The monoisotopic (exact) mass is 258 g/mol. The normalized spacial score (nSPS) is 24.5. The van der Waals surface area contributed by atoms with E-state index < -0.39 is 29.5 Å². The molecule has 0 bridgehead atoms. The van der Waals surface area contributed by atoms with E-state index in [9.17, 15) is 18.0 Å². The number of likely N-dealkylation sites (N-methyl/N-ethyl adjacent to an activating group) is 1. The van der Waals surface area contributed by atoms with Crippen LogP contribution >= 0.6 is 0 Å². The number of hydrogen-bond donors (Lipinski definition) is 1. The molecule has 1 aliphatic heterocycles. The molecule has 1 aliphatic rings. The Kier molecular flexibility index (Phi) is 3.30. The van der Waals surface area contributed by atoms with E-state index in [4.69, 9.17) is 5.73 Å². The Balaban J connectivity index is 2.46. The number of hydrogen-bond acceptors (Lipinski definition) is 2. The lowest BCUT2D eigenvalue weighted by molar-refractivity contribution is -0.135. The van der Waals surface area contributed by atoms with Crippen molar-refractivity contribution >= 4 is 5.91 Å². The van der Waals surface area contributed by atoms with Crippen LogP contribution in [0.25, 0.3) is 0 Å². The van der Waals surface area contributed by atoms with Gasteiger partial charge in [0.05, 0.1) is 6.04 Å². The fourth-order valence-corrected chi connectivity index (χ4v) is 2.27. The first-order chi connectivity index (χ1) is 8.41. The van der Waals surface area contributed by atoms with Gasteiger partial charge in [-0.25, -0.2) is 13.2 Å². The predicted molar refractivity (Wildman–Crippen MR) is 59.0 cm³/mol. The number of halogens is 3. The standard InChI is InChI=1S/C12H13F3N2O/c1-17-11(18)3-2-10(16)12(17)6-4-8(14)9(15)5-7(6)13/h4-5,10,12H,2-3,16H2,1H3. The second-order valence-electron chi connectivity index (χ2n) is 4.44. The zero-order valence-corrected chi connectivity index (χ0v) is 9.79. The summed E-state index contributed by atoms with van der Waals surface area (Å²) in [6.45, 7) is 0. The van der Waals surface area contributed by atoms with Crippen LogP contribution in [0, 0.1) is 17.5 Å². The minimum absolute atomic E-state index is 0.0862. The van der Waals surface area contributed by atoms with Gasteiger partial charge in [-0.15, -0.1) is 0 Å². The first-order valence-corrected chi connectivity index (χ1v) is 5.57. The largest absolute Gasteiger partial charge is 0.337 e. The van der Waals surface area contributed by atoms with E-state index >= 15 is 0 Å². The predicted octanol–water partition coefficient (Wildman–Crippen LogP) is 1.72. The van der Waals surface area contributed by atoms with Gasteiger partial charge in [0.15, 0.2) is 11.6 Å². The third-order valence-electron chi connectivity index (χ3n) is 3.27. The van der Waals surface area contributed by atoms with Crippen LogP contribution in [0.15, 0.2) is 12.1 Å². The number of carbonyl (C=O) groups is 1. The zero-order valence-electron chi connectivity index (χ0n) is 9.79. The number of piperidine rings is 1. The number of likely N-dealkylation sites (tertiary alicyclic amines) is 1. The summed E-state index contributed by atoms with van der Waals surface area (Å²) in [6, 6.07) is -0.0115. The van der Waals surface area contributed by atoms with E-state index in [1.165, 1.54) is 11.9 Å². The van der Waals surface area contributed by atoms with Crippen LogP contribution in [-0.2, 0) is 4.79 Å². The summed E-state index contributed by atoms with van der Waals surface area (Å²) in [5, 5.41) is 0. The molecule has 1 amide bonds. The second kappa shape index (κ2) is 4.61. The quantitative estimate of drug-likeness (QED) is 0.780. The highest BCUT2D eigenvalue weighted by molar-refractivity contribution is 5.77. The molecule has 0 spiro atoms. The fraction of sp³-hybridized carbons (Fsp3) is 0.417. The molecule has 1 heterocycles. The van der Waals surface area contributed by atoms with Crippen LogP contribution in [0.5, 0.6) is 0 Å². The second-order valence-corrected chi connectivity index (χ2v) is 4.44. The summed E-state index contributed by atoms with van der Waals surface area (Å²) in [7, 11) is 1.48.